The van der Waals surface area contributed by atoms with Gasteiger partial charge in [0.1, 0.15) is 6.54 Å². The van der Waals surface area contributed by atoms with Crippen molar-refractivity contribution in [3.05, 3.63) is 104 Å². The smallest absolute Gasteiger partial charge is 0.331 e. The van der Waals surface area contributed by atoms with Crippen molar-refractivity contribution in [1.29, 1.82) is 0 Å². The Balaban J connectivity index is 1.36. The van der Waals surface area contributed by atoms with Crippen molar-refractivity contribution < 1.29 is 9.59 Å². The fourth-order valence-corrected chi connectivity index (χ4v) is 4.05. The van der Waals surface area contributed by atoms with E-state index in [1.807, 2.05) is 35.2 Å². The molecular formula is C26H28N4O4. The van der Waals surface area contributed by atoms with Crippen LogP contribution in [-0.4, -0.2) is 38.9 Å². The number of benzene rings is 2. The maximum Gasteiger partial charge on any atom is 0.331 e. The summed E-state index contributed by atoms with van der Waals surface area (Å²) in [5.74, 6) is -0.407. The molecule has 0 aliphatic carbocycles. The summed E-state index contributed by atoms with van der Waals surface area (Å²) in [4.78, 5) is 51.9. The fourth-order valence-electron chi connectivity index (χ4n) is 4.05. The molecule has 0 radical (unpaired) electrons. The van der Waals surface area contributed by atoms with Gasteiger partial charge in [0.15, 0.2) is 0 Å². The Bertz CT molecular complexity index is 1260. The molecule has 1 N–H and O–H groups in total. The van der Waals surface area contributed by atoms with Crippen LogP contribution in [0.5, 0.6) is 0 Å². The van der Waals surface area contributed by atoms with Crippen molar-refractivity contribution in [2.45, 2.75) is 38.9 Å². The lowest BCUT2D eigenvalue weighted by Gasteiger charge is -2.26. The first-order valence-corrected chi connectivity index (χ1v) is 11.5. The Labute approximate surface area is 197 Å². The van der Waals surface area contributed by atoms with E-state index in [-0.39, 0.29) is 19.0 Å². The number of likely N-dealkylation sites (tertiary alicyclic amines) is 1. The maximum atomic E-state index is 12.7. The van der Waals surface area contributed by atoms with Crippen LogP contribution in [0.1, 0.15) is 40.7 Å². The summed E-state index contributed by atoms with van der Waals surface area (Å²) in [6, 6.07) is 17.8. The largest absolute Gasteiger partial charge is 0.350 e. The highest BCUT2D eigenvalue weighted by molar-refractivity contribution is 5.94. The molecule has 8 heteroatoms. The predicted molar refractivity (Wildman–Crippen MR) is 129 cm³/mol. The first kappa shape index (κ1) is 23.2. The molecule has 2 heterocycles. The molecule has 1 fully saturated rings. The molecule has 176 valence electrons. The van der Waals surface area contributed by atoms with Gasteiger partial charge in [-0.15, -0.1) is 0 Å². The minimum atomic E-state index is -0.535. The fraction of sp³-hybridized carbons (Fsp3) is 0.308. The van der Waals surface area contributed by atoms with E-state index in [1.165, 1.54) is 23.3 Å². The van der Waals surface area contributed by atoms with Crippen LogP contribution in [0.15, 0.2) is 76.4 Å². The number of rotatable bonds is 7. The molecule has 1 aromatic heterocycles. The van der Waals surface area contributed by atoms with E-state index >= 15 is 0 Å². The zero-order valence-corrected chi connectivity index (χ0v) is 19.0. The van der Waals surface area contributed by atoms with Gasteiger partial charge < -0.3 is 10.2 Å². The lowest BCUT2D eigenvalue weighted by Crippen LogP contribution is -2.43. The summed E-state index contributed by atoms with van der Waals surface area (Å²) in [5.41, 5.74) is 1.32. The maximum absolute atomic E-state index is 12.7. The Morgan fingerprint density at radius 2 is 1.53 bits per heavy atom. The molecule has 34 heavy (non-hydrogen) atoms. The number of aromatic nitrogens is 2. The normalized spacial score (nSPS) is 13.5. The van der Waals surface area contributed by atoms with Crippen LogP contribution in [0.25, 0.3) is 0 Å². The van der Waals surface area contributed by atoms with Gasteiger partial charge in [0, 0.05) is 37.5 Å². The van der Waals surface area contributed by atoms with Gasteiger partial charge in [0.2, 0.25) is 5.91 Å². The molecule has 3 aromatic rings. The van der Waals surface area contributed by atoms with E-state index in [4.69, 9.17) is 0 Å². The summed E-state index contributed by atoms with van der Waals surface area (Å²) in [6.45, 7) is 1.77. The minimum absolute atomic E-state index is 0.0329. The summed E-state index contributed by atoms with van der Waals surface area (Å²) in [6.07, 6.45) is 4.69. The van der Waals surface area contributed by atoms with Gasteiger partial charge in [0.05, 0.1) is 6.54 Å². The molecule has 1 aliphatic rings. The van der Waals surface area contributed by atoms with Crippen molar-refractivity contribution in [1.82, 2.24) is 19.4 Å². The van der Waals surface area contributed by atoms with Gasteiger partial charge in [-0.1, -0.05) is 42.5 Å². The Morgan fingerprint density at radius 1 is 0.824 bits per heavy atom. The molecule has 0 saturated carbocycles. The molecular weight excluding hydrogens is 432 g/mol. The highest BCUT2D eigenvalue weighted by atomic mass is 16.2. The van der Waals surface area contributed by atoms with Crippen molar-refractivity contribution in [3.63, 3.8) is 0 Å². The first-order valence-electron chi connectivity index (χ1n) is 11.5. The van der Waals surface area contributed by atoms with Gasteiger partial charge in [0.25, 0.3) is 11.5 Å². The van der Waals surface area contributed by atoms with E-state index < -0.39 is 17.2 Å². The average molecular weight is 461 g/mol. The third kappa shape index (κ3) is 5.70. The van der Waals surface area contributed by atoms with Gasteiger partial charge in [-0.3, -0.25) is 23.5 Å². The van der Waals surface area contributed by atoms with Crippen LogP contribution >= 0.6 is 0 Å². The van der Waals surface area contributed by atoms with E-state index in [1.54, 1.807) is 24.3 Å². The van der Waals surface area contributed by atoms with Crippen LogP contribution < -0.4 is 16.6 Å². The van der Waals surface area contributed by atoms with Gasteiger partial charge in [-0.05, 0) is 42.5 Å². The molecule has 0 spiro atoms. The van der Waals surface area contributed by atoms with Crippen LogP contribution in [0.2, 0.25) is 0 Å². The molecule has 1 saturated heterocycles. The van der Waals surface area contributed by atoms with E-state index in [0.29, 0.717) is 12.1 Å². The zero-order valence-electron chi connectivity index (χ0n) is 19.0. The molecule has 0 bridgehead atoms. The third-order valence-electron chi connectivity index (χ3n) is 5.97. The van der Waals surface area contributed by atoms with Gasteiger partial charge >= 0.3 is 5.69 Å². The second-order valence-electron chi connectivity index (χ2n) is 8.46. The second kappa shape index (κ2) is 10.8. The average Bonchev–Trinajstić information content (AvgIpc) is 2.88. The van der Waals surface area contributed by atoms with Gasteiger partial charge in [-0.2, -0.15) is 0 Å². The van der Waals surface area contributed by atoms with Crippen molar-refractivity contribution in [3.8, 4) is 0 Å². The van der Waals surface area contributed by atoms with E-state index in [2.05, 4.69) is 5.32 Å². The van der Waals surface area contributed by atoms with Gasteiger partial charge in [-0.25, -0.2) is 4.79 Å². The summed E-state index contributed by atoms with van der Waals surface area (Å²) < 4.78 is 2.33. The number of piperidine rings is 1. The molecule has 8 nitrogen and oxygen atoms in total. The number of hydrogen-bond donors (Lipinski definition) is 1. The number of carbonyl (C=O) groups is 2. The number of amides is 2. The van der Waals surface area contributed by atoms with Crippen LogP contribution in [0.3, 0.4) is 0 Å². The van der Waals surface area contributed by atoms with Crippen molar-refractivity contribution in [2.24, 2.45) is 0 Å². The standard InChI is InChI=1S/C26H28N4O4/c31-23(19-30-24(32)13-16-29(26(30)34)18-21-7-3-1-4-8-21)27-17-20-9-11-22(12-10-20)25(33)28-14-5-2-6-15-28/h1,3-4,7-13,16H,2,5-6,14-15,17-19H2,(H,27,31). The number of carbonyl (C=O) groups excluding carboxylic acids is 2. The lowest BCUT2D eigenvalue weighted by atomic mass is 10.1. The van der Waals surface area contributed by atoms with E-state index in [0.717, 1.165) is 41.6 Å². The van der Waals surface area contributed by atoms with Crippen LogP contribution in [0.4, 0.5) is 0 Å². The zero-order chi connectivity index (χ0) is 23.9. The molecule has 0 atom stereocenters. The number of nitrogens with zero attached hydrogens (tertiary/aromatic N) is 3. The molecule has 0 unspecified atom stereocenters. The molecule has 4 rings (SSSR count). The van der Waals surface area contributed by atoms with Crippen molar-refractivity contribution >= 4 is 11.8 Å². The Morgan fingerprint density at radius 3 is 2.24 bits per heavy atom. The summed E-state index contributed by atoms with van der Waals surface area (Å²) in [5, 5.41) is 2.74. The van der Waals surface area contributed by atoms with Crippen LogP contribution in [0, 0.1) is 0 Å². The van der Waals surface area contributed by atoms with E-state index in [9.17, 15) is 19.2 Å². The quantitative estimate of drug-likeness (QED) is 0.584. The first-order chi connectivity index (χ1) is 16.5. The minimum Gasteiger partial charge on any atom is -0.350 e. The molecule has 1 aliphatic heterocycles. The predicted octanol–water partition coefficient (Wildman–Crippen LogP) is 2.00. The molecule has 2 amide bonds. The van der Waals surface area contributed by atoms with Crippen molar-refractivity contribution in [2.75, 3.05) is 13.1 Å². The number of hydrogen-bond acceptors (Lipinski definition) is 4. The topological polar surface area (TPSA) is 93.4 Å². The second-order valence-corrected chi connectivity index (χ2v) is 8.46. The highest BCUT2D eigenvalue weighted by Crippen LogP contribution is 2.14. The number of nitrogens with one attached hydrogen (secondary N) is 1. The Hall–Kier alpha value is -3.94. The monoisotopic (exact) mass is 460 g/mol. The summed E-state index contributed by atoms with van der Waals surface area (Å²) >= 11 is 0. The SMILES string of the molecule is O=C(Cn1c(=O)ccn(Cc2ccccc2)c1=O)NCc1ccc(C(=O)N2CCCCC2)cc1. The summed E-state index contributed by atoms with van der Waals surface area (Å²) in [7, 11) is 0. The third-order valence-corrected chi connectivity index (χ3v) is 5.97. The molecule has 2 aromatic carbocycles. The Kier molecular flexibility index (Phi) is 7.37. The lowest BCUT2D eigenvalue weighted by molar-refractivity contribution is -0.121. The highest BCUT2D eigenvalue weighted by Gasteiger charge is 2.18. The van der Waals surface area contributed by atoms with Crippen LogP contribution in [-0.2, 0) is 24.4 Å².